The van der Waals surface area contributed by atoms with Crippen molar-refractivity contribution in [3.8, 4) is 11.5 Å². The van der Waals surface area contributed by atoms with Crippen molar-refractivity contribution in [2.45, 2.75) is 20.1 Å². The Bertz CT molecular complexity index is 915. The molecule has 0 amide bonds. The zero-order valence-corrected chi connectivity index (χ0v) is 18.4. The number of para-hydroxylation sites is 1. The normalized spacial score (nSPS) is 10.6. The Balaban J connectivity index is 1.78. The smallest absolute Gasteiger partial charge is 0.162 e. The van der Waals surface area contributed by atoms with Crippen LogP contribution in [0.4, 0.5) is 5.69 Å². The third-order valence-electron chi connectivity index (χ3n) is 4.10. The zero-order valence-electron chi connectivity index (χ0n) is 15.3. The summed E-state index contributed by atoms with van der Waals surface area (Å²) in [6, 6.07) is 19.3. The fourth-order valence-corrected chi connectivity index (χ4v) is 3.64. The van der Waals surface area contributed by atoms with Crippen LogP contribution in [0.3, 0.4) is 0 Å². The summed E-state index contributed by atoms with van der Waals surface area (Å²) in [7, 11) is 0. The summed E-state index contributed by atoms with van der Waals surface area (Å²) in [4.78, 5) is 0. The molecular weight excluding hydrogens is 461 g/mol. The van der Waals surface area contributed by atoms with E-state index < -0.39 is 0 Å². The number of rotatable bonds is 8. The number of ether oxygens (including phenoxy) is 2. The zero-order chi connectivity index (χ0) is 19.9. The molecule has 0 bridgehead atoms. The van der Waals surface area contributed by atoms with E-state index in [0.29, 0.717) is 34.7 Å². The molecule has 6 heteroatoms. The van der Waals surface area contributed by atoms with Gasteiger partial charge in [-0.25, -0.2) is 0 Å². The highest BCUT2D eigenvalue weighted by atomic mass is 79.9. The lowest BCUT2D eigenvalue weighted by Crippen LogP contribution is -2.04. The summed E-state index contributed by atoms with van der Waals surface area (Å²) >= 11 is 16.1. The molecule has 0 spiro atoms. The van der Waals surface area contributed by atoms with Gasteiger partial charge in [-0.3, -0.25) is 0 Å². The molecule has 0 radical (unpaired) electrons. The largest absolute Gasteiger partial charge is 0.490 e. The molecule has 0 aliphatic heterocycles. The third kappa shape index (κ3) is 5.34. The van der Waals surface area contributed by atoms with E-state index in [1.165, 1.54) is 0 Å². The van der Waals surface area contributed by atoms with Crippen molar-refractivity contribution < 1.29 is 9.47 Å². The van der Waals surface area contributed by atoms with Crippen LogP contribution in [0.15, 0.2) is 65.1 Å². The topological polar surface area (TPSA) is 30.5 Å². The number of nitrogens with one attached hydrogen (secondary N) is 1. The van der Waals surface area contributed by atoms with Crippen LogP contribution in [0.5, 0.6) is 11.5 Å². The minimum absolute atomic E-state index is 0.257. The Morgan fingerprint density at radius 3 is 2.25 bits per heavy atom. The van der Waals surface area contributed by atoms with Gasteiger partial charge < -0.3 is 14.8 Å². The van der Waals surface area contributed by atoms with Gasteiger partial charge in [0.05, 0.1) is 6.61 Å². The highest BCUT2D eigenvalue weighted by Gasteiger charge is 2.13. The Morgan fingerprint density at radius 1 is 0.893 bits per heavy atom. The number of hydrogen-bond donors (Lipinski definition) is 1. The molecule has 0 fully saturated rings. The van der Waals surface area contributed by atoms with E-state index in [9.17, 15) is 0 Å². The Hall–Kier alpha value is -1.88. The number of anilines is 1. The standard InChI is InChI=1S/C22H20BrCl2NO2/c1-2-27-21-11-15(13-26-16-7-4-3-5-8-16)18(23)12-22(21)28-14-17-19(24)9-6-10-20(17)25/h3-12,26H,2,13-14H2,1H3. The van der Waals surface area contributed by atoms with E-state index in [2.05, 4.69) is 21.2 Å². The molecule has 1 N–H and O–H groups in total. The molecule has 0 saturated carbocycles. The summed E-state index contributed by atoms with van der Waals surface area (Å²) in [6.07, 6.45) is 0. The molecule has 146 valence electrons. The maximum atomic E-state index is 6.24. The second-order valence-corrected chi connectivity index (χ2v) is 7.70. The maximum Gasteiger partial charge on any atom is 0.162 e. The Morgan fingerprint density at radius 2 is 1.57 bits per heavy atom. The van der Waals surface area contributed by atoms with Crippen molar-refractivity contribution in [2.75, 3.05) is 11.9 Å². The molecule has 0 aliphatic rings. The number of halogens is 3. The monoisotopic (exact) mass is 479 g/mol. The molecule has 3 aromatic carbocycles. The Labute approximate surface area is 183 Å². The van der Waals surface area contributed by atoms with Crippen LogP contribution in [0.1, 0.15) is 18.1 Å². The van der Waals surface area contributed by atoms with Crippen molar-refractivity contribution >= 4 is 44.8 Å². The van der Waals surface area contributed by atoms with Crippen molar-refractivity contribution in [3.63, 3.8) is 0 Å². The van der Waals surface area contributed by atoms with Gasteiger partial charge in [-0.15, -0.1) is 0 Å². The molecule has 3 nitrogen and oxygen atoms in total. The average molecular weight is 481 g/mol. The van der Waals surface area contributed by atoms with Crippen LogP contribution >= 0.6 is 39.1 Å². The molecular formula is C22H20BrCl2NO2. The van der Waals surface area contributed by atoms with Crippen LogP contribution in [0.2, 0.25) is 10.0 Å². The first kappa shape index (κ1) is 20.8. The minimum Gasteiger partial charge on any atom is -0.490 e. The van der Waals surface area contributed by atoms with Crippen molar-refractivity contribution in [3.05, 3.63) is 86.3 Å². The molecule has 0 atom stereocenters. The van der Waals surface area contributed by atoms with Gasteiger partial charge in [-0.1, -0.05) is 63.4 Å². The average Bonchev–Trinajstić information content (AvgIpc) is 2.69. The molecule has 0 aliphatic carbocycles. The van der Waals surface area contributed by atoms with Crippen molar-refractivity contribution in [1.29, 1.82) is 0 Å². The van der Waals surface area contributed by atoms with Crippen molar-refractivity contribution in [2.24, 2.45) is 0 Å². The lowest BCUT2D eigenvalue weighted by Gasteiger charge is -2.16. The molecule has 3 rings (SSSR count). The third-order valence-corrected chi connectivity index (χ3v) is 5.55. The highest BCUT2D eigenvalue weighted by molar-refractivity contribution is 9.10. The van der Waals surface area contributed by atoms with Gasteiger partial charge in [-0.2, -0.15) is 0 Å². The lowest BCUT2D eigenvalue weighted by molar-refractivity contribution is 0.269. The summed E-state index contributed by atoms with van der Waals surface area (Å²) in [5.41, 5.74) is 2.87. The number of benzene rings is 3. The molecule has 28 heavy (non-hydrogen) atoms. The van der Waals surface area contributed by atoms with Gasteiger partial charge in [0.2, 0.25) is 0 Å². The molecule has 3 aromatic rings. The molecule has 0 saturated heterocycles. The van der Waals surface area contributed by atoms with E-state index in [0.717, 1.165) is 21.3 Å². The summed E-state index contributed by atoms with van der Waals surface area (Å²) in [5, 5.41) is 4.56. The quantitative estimate of drug-likeness (QED) is 0.365. The van der Waals surface area contributed by atoms with Gasteiger partial charge in [0.15, 0.2) is 11.5 Å². The number of hydrogen-bond acceptors (Lipinski definition) is 3. The maximum absolute atomic E-state index is 6.24. The van der Waals surface area contributed by atoms with Crippen LogP contribution < -0.4 is 14.8 Å². The van der Waals surface area contributed by atoms with Crippen LogP contribution in [-0.2, 0) is 13.2 Å². The first-order valence-corrected chi connectivity index (χ1v) is 10.4. The van der Waals surface area contributed by atoms with E-state index in [1.54, 1.807) is 12.1 Å². The van der Waals surface area contributed by atoms with Gasteiger partial charge in [0, 0.05) is 32.3 Å². The highest BCUT2D eigenvalue weighted by Crippen LogP contribution is 2.36. The predicted molar refractivity (Wildman–Crippen MR) is 120 cm³/mol. The Kier molecular flexibility index (Phi) is 7.49. The van der Waals surface area contributed by atoms with Gasteiger partial charge in [0.25, 0.3) is 0 Å². The molecule has 0 heterocycles. The first-order valence-electron chi connectivity index (χ1n) is 8.88. The van der Waals surface area contributed by atoms with Crippen LogP contribution in [0.25, 0.3) is 0 Å². The van der Waals surface area contributed by atoms with E-state index in [4.69, 9.17) is 32.7 Å². The fraction of sp³-hybridized carbons (Fsp3) is 0.182. The molecule has 0 aromatic heterocycles. The summed E-state index contributed by atoms with van der Waals surface area (Å²) < 4.78 is 12.7. The fourth-order valence-electron chi connectivity index (χ4n) is 2.67. The van der Waals surface area contributed by atoms with Gasteiger partial charge >= 0.3 is 0 Å². The second kappa shape index (κ2) is 10.1. The van der Waals surface area contributed by atoms with Gasteiger partial charge in [0.1, 0.15) is 6.61 Å². The summed E-state index contributed by atoms with van der Waals surface area (Å²) in [5.74, 6) is 1.31. The van der Waals surface area contributed by atoms with Gasteiger partial charge in [-0.05, 0) is 48.9 Å². The minimum atomic E-state index is 0.257. The first-order chi connectivity index (χ1) is 13.6. The second-order valence-electron chi connectivity index (χ2n) is 6.03. The van der Waals surface area contributed by atoms with E-state index in [1.807, 2.05) is 55.5 Å². The van der Waals surface area contributed by atoms with E-state index in [-0.39, 0.29) is 6.61 Å². The van der Waals surface area contributed by atoms with Crippen LogP contribution in [-0.4, -0.2) is 6.61 Å². The van der Waals surface area contributed by atoms with Crippen molar-refractivity contribution in [1.82, 2.24) is 0 Å². The van der Waals surface area contributed by atoms with E-state index >= 15 is 0 Å². The summed E-state index contributed by atoms with van der Waals surface area (Å²) in [6.45, 7) is 3.39. The predicted octanol–water partition coefficient (Wildman–Crippen LogP) is 7.35. The van der Waals surface area contributed by atoms with Crippen LogP contribution in [0, 0.1) is 0 Å². The molecule has 0 unspecified atom stereocenters. The SMILES string of the molecule is CCOc1cc(CNc2ccccc2)c(Br)cc1OCc1c(Cl)cccc1Cl. The lowest BCUT2D eigenvalue weighted by atomic mass is 10.2.